The van der Waals surface area contributed by atoms with Gasteiger partial charge in [-0.3, -0.25) is 9.59 Å². The number of amides is 2. The van der Waals surface area contributed by atoms with Gasteiger partial charge in [-0.15, -0.1) is 0 Å². The molecule has 0 radical (unpaired) electrons. The Morgan fingerprint density at radius 2 is 2.03 bits per heavy atom. The number of hydrogen-bond acceptors (Lipinski definition) is 6. The minimum atomic E-state index is -0.940. The number of ether oxygens (including phenoxy) is 2. The number of anilines is 2. The number of hydrogen-bond donors (Lipinski definition) is 3. The van der Waals surface area contributed by atoms with Gasteiger partial charge in [0.2, 0.25) is 11.7 Å². The maximum atomic E-state index is 12.5. The van der Waals surface area contributed by atoms with Gasteiger partial charge in [-0.25, -0.2) is 9.37 Å². The fourth-order valence-electron chi connectivity index (χ4n) is 2.72. The molecule has 0 bridgehead atoms. The van der Waals surface area contributed by atoms with Crippen molar-refractivity contribution in [3.63, 3.8) is 0 Å². The highest BCUT2D eigenvalue weighted by Gasteiger charge is 2.28. The number of aromatic nitrogens is 1. The smallest absolute Gasteiger partial charge is 0.253 e. The van der Waals surface area contributed by atoms with Gasteiger partial charge < -0.3 is 25.4 Å². The average molecular weight is 436 g/mol. The molecule has 1 saturated heterocycles. The van der Waals surface area contributed by atoms with Crippen LogP contribution in [-0.4, -0.2) is 49.7 Å². The third-order valence-electron chi connectivity index (χ3n) is 4.40. The molecule has 1 aromatic heterocycles. The Bertz CT molecular complexity index is 897. The molecule has 1 aromatic carbocycles. The zero-order valence-electron chi connectivity index (χ0n) is 17.6. The van der Waals surface area contributed by atoms with E-state index in [1.54, 1.807) is 25.4 Å². The van der Waals surface area contributed by atoms with Crippen molar-refractivity contribution in [3.8, 4) is 5.75 Å². The van der Waals surface area contributed by atoms with Crippen molar-refractivity contribution >= 4 is 23.3 Å². The summed E-state index contributed by atoms with van der Waals surface area (Å²) in [5.41, 5.74) is 0.623. The quantitative estimate of drug-likeness (QED) is 0.644. The van der Waals surface area contributed by atoms with Gasteiger partial charge >= 0.3 is 0 Å². The summed E-state index contributed by atoms with van der Waals surface area (Å²) in [6, 6.07) is 7.16. The summed E-state index contributed by atoms with van der Waals surface area (Å²) in [5.74, 6) is -1.66. The molecule has 3 N–H and O–H groups in total. The minimum absolute atomic E-state index is 0.0694. The SMILES string of the molecule is CNC(=O)CNc1cc(NC(=O)C2CCC(C)O2)ccn1.COc1cccc(F)c1F. The molecule has 2 unspecified atom stereocenters. The van der Waals surface area contributed by atoms with E-state index in [4.69, 9.17) is 4.74 Å². The number of benzene rings is 1. The molecule has 0 saturated carbocycles. The van der Waals surface area contributed by atoms with E-state index in [2.05, 4.69) is 25.7 Å². The molecular formula is C21H26F2N4O4. The fraction of sp³-hybridized carbons (Fsp3) is 0.381. The molecule has 10 heteroatoms. The molecule has 2 heterocycles. The minimum Gasteiger partial charge on any atom is -0.494 e. The van der Waals surface area contributed by atoms with Crippen molar-refractivity contribution in [2.24, 2.45) is 0 Å². The number of carbonyl (C=O) groups is 2. The van der Waals surface area contributed by atoms with Crippen LogP contribution in [0.1, 0.15) is 19.8 Å². The fourth-order valence-corrected chi connectivity index (χ4v) is 2.72. The highest BCUT2D eigenvalue weighted by atomic mass is 19.2. The van der Waals surface area contributed by atoms with Crippen LogP contribution in [0.2, 0.25) is 0 Å². The number of nitrogens with zero attached hydrogens (tertiary/aromatic N) is 1. The van der Waals surface area contributed by atoms with E-state index in [1.807, 2.05) is 6.92 Å². The van der Waals surface area contributed by atoms with Gasteiger partial charge in [-0.1, -0.05) is 6.07 Å². The topological polar surface area (TPSA) is 102 Å². The first-order valence-electron chi connectivity index (χ1n) is 9.68. The molecule has 2 amide bonds. The van der Waals surface area contributed by atoms with Gasteiger partial charge in [0.25, 0.3) is 5.91 Å². The summed E-state index contributed by atoms with van der Waals surface area (Å²) in [6.07, 6.45) is 2.94. The number of halogens is 2. The van der Waals surface area contributed by atoms with Crippen LogP contribution in [0.5, 0.6) is 5.75 Å². The van der Waals surface area contributed by atoms with Gasteiger partial charge in [0.1, 0.15) is 11.9 Å². The number of likely N-dealkylation sites (N-methyl/N-ethyl adjacent to an activating group) is 1. The lowest BCUT2D eigenvalue weighted by molar-refractivity contribution is -0.126. The summed E-state index contributed by atoms with van der Waals surface area (Å²) >= 11 is 0. The van der Waals surface area contributed by atoms with Crippen LogP contribution in [0, 0.1) is 11.6 Å². The van der Waals surface area contributed by atoms with Crippen LogP contribution in [0.4, 0.5) is 20.3 Å². The largest absolute Gasteiger partial charge is 0.494 e. The molecule has 168 valence electrons. The van der Waals surface area contributed by atoms with Crippen LogP contribution in [-0.2, 0) is 14.3 Å². The zero-order chi connectivity index (χ0) is 22.8. The maximum absolute atomic E-state index is 12.5. The van der Waals surface area contributed by atoms with Crippen LogP contribution in [0.15, 0.2) is 36.5 Å². The number of methoxy groups -OCH3 is 1. The van der Waals surface area contributed by atoms with Crippen molar-refractivity contribution in [2.45, 2.75) is 32.0 Å². The summed E-state index contributed by atoms with van der Waals surface area (Å²) in [6.45, 7) is 2.09. The van der Waals surface area contributed by atoms with Gasteiger partial charge in [0.05, 0.1) is 19.8 Å². The van der Waals surface area contributed by atoms with Gasteiger partial charge in [0.15, 0.2) is 11.6 Å². The van der Waals surface area contributed by atoms with Crippen molar-refractivity contribution in [1.29, 1.82) is 0 Å². The van der Waals surface area contributed by atoms with E-state index in [0.717, 1.165) is 18.9 Å². The zero-order valence-corrected chi connectivity index (χ0v) is 17.6. The number of pyridine rings is 1. The Labute approximate surface area is 179 Å². The Hall–Kier alpha value is -3.27. The number of carbonyl (C=O) groups excluding carboxylic acids is 2. The predicted octanol–water partition coefficient (Wildman–Crippen LogP) is 2.72. The van der Waals surface area contributed by atoms with E-state index in [0.29, 0.717) is 11.5 Å². The Balaban J connectivity index is 0.000000285. The van der Waals surface area contributed by atoms with E-state index >= 15 is 0 Å². The average Bonchev–Trinajstić information content (AvgIpc) is 3.21. The summed E-state index contributed by atoms with van der Waals surface area (Å²) < 4.78 is 34.8. The van der Waals surface area contributed by atoms with E-state index in [9.17, 15) is 18.4 Å². The second-order valence-corrected chi connectivity index (χ2v) is 6.71. The second-order valence-electron chi connectivity index (χ2n) is 6.71. The van der Waals surface area contributed by atoms with Gasteiger partial charge in [0, 0.05) is 25.0 Å². The van der Waals surface area contributed by atoms with Crippen molar-refractivity contribution in [2.75, 3.05) is 31.3 Å². The van der Waals surface area contributed by atoms with Gasteiger partial charge in [-0.05, 0) is 38.0 Å². The molecule has 0 aliphatic carbocycles. The lowest BCUT2D eigenvalue weighted by atomic mass is 10.2. The molecular weight excluding hydrogens is 410 g/mol. The molecule has 1 aliphatic rings. The van der Waals surface area contributed by atoms with Crippen LogP contribution >= 0.6 is 0 Å². The third kappa shape index (κ3) is 7.49. The van der Waals surface area contributed by atoms with Crippen molar-refractivity contribution < 1.29 is 27.8 Å². The van der Waals surface area contributed by atoms with E-state index in [-0.39, 0.29) is 30.2 Å². The summed E-state index contributed by atoms with van der Waals surface area (Å²) in [7, 11) is 2.86. The monoisotopic (exact) mass is 436 g/mol. The molecule has 1 fully saturated rings. The Morgan fingerprint density at radius 1 is 1.26 bits per heavy atom. The van der Waals surface area contributed by atoms with Crippen molar-refractivity contribution in [3.05, 3.63) is 48.2 Å². The van der Waals surface area contributed by atoms with E-state index < -0.39 is 17.7 Å². The number of rotatable bonds is 6. The first-order chi connectivity index (χ1) is 14.8. The first kappa shape index (κ1) is 24.0. The van der Waals surface area contributed by atoms with Crippen molar-refractivity contribution in [1.82, 2.24) is 10.3 Å². The van der Waals surface area contributed by atoms with Gasteiger partial charge in [-0.2, -0.15) is 4.39 Å². The van der Waals surface area contributed by atoms with Crippen LogP contribution in [0.25, 0.3) is 0 Å². The Morgan fingerprint density at radius 3 is 2.65 bits per heavy atom. The molecule has 3 rings (SSSR count). The lowest BCUT2D eigenvalue weighted by Crippen LogP contribution is -2.28. The maximum Gasteiger partial charge on any atom is 0.253 e. The lowest BCUT2D eigenvalue weighted by Gasteiger charge is -2.12. The molecule has 1 aliphatic heterocycles. The highest BCUT2D eigenvalue weighted by molar-refractivity contribution is 5.94. The molecule has 2 atom stereocenters. The highest BCUT2D eigenvalue weighted by Crippen LogP contribution is 2.21. The first-order valence-corrected chi connectivity index (χ1v) is 9.68. The second kappa shape index (κ2) is 11.8. The molecule has 0 spiro atoms. The third-order valence-corrected chi connectivity index (χ3v) is 4.40. The van der Waals surface area contributed by atoms with E-state index in [1.165, 1.54) is 19.2 Å². The molecule has 31 heavy (non-hydrogen) atoms. The molecule has 8 nitrogen and oxygen atoms in total. The summed E-state index contributed by atoms with van der Waals surface area (Å²) in [5, 5.41) is 8.19. The standard InChI is InChI=1S/C14H20N4O3.C7H6F2O/c1-9-3-4-11(21-9)14(20)18-10-5-6-16-12(7-10)17-8-13(19)15-2;1-10-6-4-2-3-5(8)7(6)9/h5-7,9,11H,3-4,8H2,1-2H3,(H,15,19)(H2,16,17,18,20);2-4H,1H3. The molecule has 2 aromatic rings. The van der Waals surface area contributed by atoms with Crippen LogP contribution in [0.3, 0.4) is 0 Å². The normalized spacial score (nSPS) is 17.2. The summed E-state index contributed by atoms with van der Waals surface area (Å²) in [4.78, 5) is 27.3. The Kier molecular flexibility index (Phi) is 9.13. The predicted molar refractivity (Wildman–Crippen MR) is 112 cm³/mol. The number of nitrogens with one attached hydrogen (secondary N) is 3. The van der Waals surface area contributed by atoms with Crippen LogP contribution < -0.4 is 20.7 Å².